The van der Waals surface area contributed by atoms with Crippen LogP contribution in [0.1, 0.15) is 61.6 Å². The minimum absolute atomic E-state index is 0.0348. The minimum Gasteiger partial charge on any atom is -0.354 e. The Labute approximate surface area is 236 Å². The zero-order chi connectivity index (χ0) is 27.5. The Kier molecular flexibility index (Phi) is 7.74. The van der Waals surface area contributed by atoms with Gasteiger partial charge in [0.2, 0.25) is 10.0 Å². The van der Waals surface area contributed by atoms with Crippen molar-refractivity contribution < 1.29 is 13.2 Å². The fraction of sp³-hybridized carbons (Fsp3) is 0.344. The summed E-state index contributed by atoms with van der Waals surface area (Å²) in [7, 11) is -3.71. The van der Waals surface area contributed by atoms with E-state index in [0.29, 0.717) is 22.5 Å². The molecule has 40 heavy (non-hydrogen) atoms. The van der Waals surface area contributed by atoms with Gasteiger partial charge in [-0.25, -0.2) is 13.1 Å². The topological polar surface area (TPSA) is 90.5 Å². The molecular weight excluding hydrogens is 520 g/mol. The molecule has 1 amide bonds. The monoisotopic (exact) mass is 556 g/mol. The molecule has 2 heterocycles. The van der Waals surface area contributed by atoms with Crippen LogP contribution in [0.3, 0.4) is 0 Å². The third kappa shape index (κ3) is 5.84. The Hall–Kier alpha value is -3.46. The van der Waals surface area contributed by atoms with Crippen LogP contribution in [0.15, 0.2) is 77.7 Å². The summed E-state index contributed by atoms with van der Waals surface area (Å²) in [6.07, 6.45) is 7.62. The average Bonchev–Trinajstić information content (AvgIpc) is 3.59. The molecule has 0 spiro atoms. The van der Waals surface area contributed by atoms with Gasteiger partial charge in [0.15, 0.2) is 0 Å². The highest BCUT2D eigenvalue weighted by Gasteiger charge is 2.31. The molecule has 0 atom stereocenters. The van der Waals surface area contributed by atoms with Crippen LogP contribution in [-0.4, -0.2) is 38.4 Å². The number of rotatable bonds is 8. The molecule has 2 aliphatic heterocycles. The van der Waals surface area contributed by atoms with Gasteiger partial charge in [0.25, 0.3) is 5.91 Å². The summed E-state index contributed by atoms with van der Waals surface area (Å²) in [6.45, 7) is 3.23. The standard InChI is InChI=1S/C32H36N4O3S/c37-32-30(28-21-27(17-18-29(28)34-32)40(38,39)35-26-11-5-6-12-26)31(24-9-3-1-4-10-24)33-25-15-13-23(14-16-25)22-36-19-7-2-8-20-36/h1,3-4,9-10,13-18,21,26,33,35H,2,5-8,11-12,19-20,22H2,(H,34,37)/b31-30-. The van der Waals surface area contributed by atoms with Crippen molar-refractivity contribution in [3.05, 3.63) is 89.5 Å². The van der Waals surface area contributed by atoms with Gasteiger partial charge in [-0.3, -0.25) is 9.69 Å². The number of carbonyl (C=O) groups is 1. The molecule has 3 aromatic carbocycles. The third-order valence-electron chi connectivity index (χ3n) is 8.11. The maximum absolute atomic E-state index is 13.4. The summed E-state index contributed by atoms with van der Waals surface area (Å²) >= 11 is 0. The first-order valence-electron chi connectivity index (χ1n) is 14.3. The molecule has 1 saturated heterocycles. The second-order valence-corrected chi connectivity index (χ2v) is 12.8. The first-order chi connectivity index (χ1) is 19.5. The molecule has 0 bridgehead atoms. The number of nitrogens with one attached hydrogen (secondary N) is 3. The second kappa shape index (κ2) is 11.6. The van der Waals surface area contributed by atoms with Gasteiger partial charge >= 0.3 is 0 Å². The third-order valence-corrected chi connectivity index (χ3v) is 9.63. The molecule has 7 nitrogen and oxygen atoms in total. The number of likely N-dealkylation sites (tertiary alicyclic amines) is 1. The van der Waals surface area contributed by atoms with Crippen LogP contribution < -0.4 is 15.4 Å². The van der Waals surface area contributed by atoms with E-state index in [-0.39, 0.29) is 16.8 Å². The lowest BCUT2D eigenvalue weighted by Gasteiger charge is -2.26. The fourth-order valence-electron chi connectivity index (χ4n) is 5.99. The van der Waals surface area contributed by atoms with Crippen molar-refractivity contribution in [2.75, 3.05) is 23.7 Å². The minimum atomic E-state index is -3.71. The Morgan fingerprint density at radius 2 is 1.60 bits per heavy atom. The Morgan fingerprint density at radius 1 is 0.875 bits per heavy atom. The van der Waals surface area contributed by atoms with Crippen LogP contribution in [0.4, 0.5) is 11.4 Å². The Morgan fingerprint density at radius 3 is 2.33 bits per heavy atom. The van der Waals surface area contributed by atoms with E-state index in [1.54, 1.807) is 18.2 Å². The zero-order valence-electron chi connectivity index (χ0n) is 22.7. The summed E-state index contributed by atoms with van der Waals surface area (Å²) in [6, 6.07) is 22.9. The van der Waals surface area contributed by atoms with Crippen molar-refractivity contribution >= 4 is 38.6 Å². The van der Waals surface area contributed by atoms with E-state index in [0.717, 1.165) is 56.6 Å². The number of sulfonamides is 1. The quantitative estimate of drug-likeness (QED) is 0.304. The van der Waals surface area contributed by atoms with Crippen molar-refractivity contribution in [1.82, 2.24) is 9.62 Å². The van der Waals surface area contributed by atoms with E-state index in [2.05, 4.69) is 32.4 Å². The predicted molar refractivity (Wildman–Crippen MR) is 160 cm³/mol. The predicted octanol–water partition coefficient (Wildman–Crippen LogP) is 5.83. The van der Waals surface area contributed by atoms with E-state index in [9.17, 15) is 13.2 Å². The van der Waals surface area contributed by atoms with Crippen LogP contribution in [0.25, 0.3) is 11.3 Å². The lowest BCUT2D eigenvalue weighted by Crippen LogP contribution is -2.32. The first kappa shape index (κ1) is 26.7. The zero-order valence-corrected chi connectivity index (χ0v) is 23.5. The van der Waals surface area contributed by atoms with Crippen molar-refractivity contribution in [2.24, 2.45) is 0 Å². The number of hydrogen-bond donors (Lipinski definition) is 3. The summed E-state index contributed by atoms with van der Waals surface area (Å²) in [5, 5.41) is 6.43. The van der Waals surface area contributed by atoms with Gasteiger partial charge in [-0.15, -0.1) is 0 Å². The summed E-state index contributed by atoms with van der Waals surface area (Å²) in [5.41, 5.74) is 5.21. The maximum atomic E-state index is 13.4. The second-order valence-electron chi connectivity index (χ2n) is 11.0. The highest BCUT2D eigenvalue weighted by molar-refractivity contribution is 7.89. The number of piperidine rings is 1. The molecule has 3 aromatic rings. The largest absolute Gasteiger partial charge is 0.354 e. The van der Waals surface area contributed by atoms with E-state index < -0.39 is 10.0 Å². The van der Waals surface area contributed by atoms with Crippen LogP contribution in [-0.2, 0) is 21.4 Å². The number of fused-ring (bicyclic) bond motifs is 1. The normalized spacial score (nSPS) is 19.4. The summed E-state index contributed by atoms with van der Waals surface area (Å²) in [5.74, 6) is -0.263. The molecule has 0 radical (unpaired) electrons. The molecule has 3 N–H and O–H groups in total. The number of anilines is 2. The SMILES string of the molecule is O=C1Nc2ccc(S(=O)(=O)NC3CCCC3)cc2/C1=C(/Nc1ccc(CN2CCCCC2)cc1)c1ccccc1. The molecule has 6 rings (SSSR count). The number of carbonyl (C=O) groups excluding carboxylic acids is 1. The molecule has 3 aliphatic rings. The van der Waals surface area contributed by atoms with E-state index in [1.165, 1.54) is 24.8 Å². The summed E-state index contributed by atoms with van der Waals surface area (Å²) < 4.78 is 29.3. The smallest absolute Gasteiger partial charge is 0.258 e. The van der Waals surface area contributed by atoms with E-state index >= 15 is 0 Å². The van der Waals surface area contributed by atoms with Crippen LogP contribution in [0.2, 0.25) is 0 Å². The van der Waals surface area contributed by atoms with E-state index in [1.807, 2.05) is 42.5 Å². The van der Waals surface area contributed by atoms with Crippen molar-refractivity contribution in [1.29, 1.82) is 0 Å². The van der Waals surface area contributed by atoms with Crippen molar-refractivity contribution in [2.45, 2.75) is 62.4 Å². The van der Waals surface area contributed by atoms with Crippen LogP contribution in [0.5, 0.6) is 0 Å². The molecule has 0 unspecified atom stereocenters. The number of hydrogen-bond acceptors (Lipinski definition) is 5. The molecule has 1 aliphatic carbocycles. The molecule has 8 heteroatoms. The van der Waals surface area contributed by atoms with Gasteiger partial charge < -0.3 is 10.6 Å². The van der Waals surface area contributed by atoms with Crippen molar-refractivity contribution in [3.63, 3.8) is 0 Å². The van der Waals surface area contributed by atoms with Gasteiger partial charge in [-0.1, -0.05) is 61.7 Å². The van der Waals surface area contributed by atoms with E-state index in [4.69, 9.17) is 0 Å². The summed E-state index contributed by atoms with van der Waals surface area (Å²) in [4.78, 5) is 16.0. The van der Waals surface area contributed by atoms with Gasteiger partial charge in [-0.2, -0.15) is 0 Å². The molecule has 2 fully saturated rings. The van der Waals surface area contributed by atoms with Gasteiger partial charge in [-0.05, 0) is 80.2 Å². The Bertz CT molecular complexity index is 1510. The molecule has 0 aromatic heterocycles. The van der Waals surface area contributed by atoms with Gasteiger partial charge in [0.1, 0.15) is 0 Å². The average molecular weight is 557 g/mol. The number of benzene rings is 3. The van der Waals surface area contributed by atoms with Gasteiger partial charge in [0, 0.05) is 29.5 Å². The highest BCUT2D eigenvalue weighted by Crippen LogP contribution is 2.39. The fourth-order valence-corrected chi connectivity index (χ4v) is 7.32. The molecular formula is C32H36N4O3S. The number of nitrogens with zero attached hydrogens (tertiary/aromatic N) is 1. The lowest BCUT2D eigenvalue weighted by molar-refractivity contribution is -0.110. The van der Waals surface area contributed by atoms with Crippen molar-refractivity contribution in [3.8, 4) is 0 Å². The molecule has 208 valence electrons. The first-order valence-corrected chi connectivity index (χ1v) is 15.8. The van der Waals surface area contributed by atoms with Gasteiger partial charge in [0.05, 0.1) is 16.2 Å². The number of amides is 1. The van der Waals surface area contributed by atoms with Crippen LogP contribution in [0, 0.1) is 0 Å². The Balaban J connectivity index is 1.34. The maximum Gasteiger partial charge on any atom is 0.258 e. The molecule has 1 saturated carbocycles. The highest BCUT2D eigenvalue weighted by atomic mass is 32.2. The lowest BCUT2D eigenvalue weighted by atomic mass is 10.00. The van der Waals surface area contributed by atoms with Crippen LogP contribution >= 0.6 is 0 Å².